The lowest BCUT2D eigenvalue weighted by Gasteiger charge is -2.32. The van der Waals surface area contributed by atoms with Gasteiger partial charge in [0, 0.05) is 25.6 Å². The predicted molar refractivity (Wildman–Crippen MR) is 123 cm³/mol. The lowest BCUT2D eigenvalue weighted by molar-refractivity contribution is -0.135. The van der Waals surface area contributed by atoms with Gasteiger partial charge in [0.05, 0.1) is 11.4 Å². The van der Waals surface area contributed by atoms with E-state index in [-0.39, 0.29) is 35.7 Å². The van der Waals surface area contributed by atoms with Crippen molar-refractivity contribution in [2.24, 2.45) is 11.7 Å². The van der Waals surface area contributed by atoms with Crippen LogP contribution in [0.1, 0.15) is 35.1 Å². The number of aryl methyl sites for hydroxylation is 3. The molecule has 0 spiro atoms. The molecule has 0 atom stereocenters. The molecule has 2 amide bonds. The van der Waals surface area contributed by atoms with Gasteiger partial charge in [-0.25, -0.2) is 8.42 Å². The number of hydrogen-bond acceptors (Lipinski definition) is 4. The number of carbonyl (C=O) groups is 2. The van der Waals surface area contributed by atoms with Crippen molar-refractivity contribution in [1.82, 2.24) is 9.21 Å². The van der Waals surface area contributed by atoms with E-state index in [9.17, 15) is 18.0 Å². The summed E-state index contributed by atoms with van der Waals surface area (Å²) in [6.45, 7) is 6.12. The summed E-state index contributed by atoms with van der Waals surface area (Å²) in [7, 11) is -3.92. The second-order valence-corrected chi connectivity index (χ2v) is 10.4. The van der Waals surface area contributed by atoms with Crippen molar-refractivity contribution in [3.63, 3.8) is 0 Å². The molecule has 0 aromatic heterocycles. The number of benzene rings is 2. The Morgan fingerprint density at radius 2 is 1.59 bits per heavy atom. The third-order valence-electron chi connectivity index (χ3n) is 5.97. The van der Waals surface area contributed by atoms with Crippen LogP contribution in [0.2, 0.25) is 0 Å². The maximum Gasteiger partial charge on any atom is 0.244 e. The Balaban J connectivity index is 1.89. The lowest BCUT2D eigenvalue weighted by atomic mass is 9.96. The van der Waals surface area contributed by atoms with Crippen LogP contribution < -0.4 is 5.73 Å². The summed E-state index contributed by atoms with van der Waals surface area (Å²) >= 11 is 0. The molecule has 2 aromatic carbocycles. The Hall–Kier alpha value is -2.71. The van der Waals surface area contributed by atoms with Crippen LogP contribution in [0.4, 0.5) is 0 Å². The largest absolute Gasteiger partial charge is 0.369 e. The fourth-order valence-corrected chi connectivity index (χ4v) is 6.17. The first kappa shape index (κ1) is 23.9. The van der Waals surface area contributed by atoms with Gasteiger partial charge in [0.1, 0.15) is 0 Å². The number of rotatable bonds is 7. The first-order chi connectivity index (χ1) is 15.1. The molecule has 1 aliphatic rings. The van der Waals surface area contributed by atoms with Gasteiger partial charge in [0.15, 0.2) is 0 Å². The second kappa shape index (κ2) is 9.83. The molecule has 2 N–H and O–H groups in total. The highest BCUT2D eigenvalue weighted by Gasteiger charge is 2.33. The highest BCUT2D eigenvalue weighted by atomic mass is 32.2. The number of nitrogens with zero attached hydrogens (tertiary/aromatic N) is 2. The highest BCUT2D eigenvalue weighted by Crippen LogP contribution is 2.27. The zero-order valence-corrected chi connectivity index (χ0v) is 19.7. The molecule has 1 fully saturated rings. The summed E-state index contributed by atoms with van der Waals surface area (Å²) < 4.78 is 28.7. The highest BCUT2D eigenvalue weighted by molar-refractivity contribution is 7.89. The zero-order chi connectivity index (χ0) is 23.5. The summed E-state index contributed by atoms with van der Waals surface area (Å²) in [5.74, 6) is -0.855. The van der Waals surface area contributed by atoms with Gasteiger partial charge >= 0.3 is 0 Å². The second-order valence-electron chi connectivity index (χ2n) is 8.54. The van der Waals surface area contributed by atoms with E-state index in [4.69, 9.17) is 5.73 Å². The van der Waals surface area contributed by atoms with E-state index in [0.717, 1.165) is 11.1 Å². The van der Waals surface area contributed by atoms with Crippen LogP contribution in [0.25, 0.3) is 0 Å². The number of carbonyl (C=O) groups excluding carboxylic acids is 2. The molecule has 0 saturated carbocycles. The van der Waals surface area contributed by atoms with E-state index in [1.807, 2.05) is 49.4 Å². The summed E-state index contributed by atoms with van der Waals surface area (Å²) in [6, 6.07) is 12.9. The van der Waals surface area contributed by atoms with E-state index in [1.165, 1.54) is 4.31 Å². The van der Waals surface area contributed by atoms with Gasteiger partial charge in [-0.3, -0.25) is 9.59 Å². The molecular formula is C24H31N3O4S. The van der Waals surface area contributed by atoms with Crippen molar-refractivity contribution in [2.45, 2.75) is 45.1 Å². The minimum atomic E-state index is -3.92. The lowest BCUT2D eigenvalue weighted by Crippen LogP contribution is -2.47. The molecule has 3 rings (SSSR count). The van der Waals surface area contributed by atoms with E-state index in [1.54, 1.807) is 18.7 Å². The van der Waals surface area contributed by atoms with Crippen LogP contribution in [0.5, 0.6) is 0 Å². The predicted octanol–water partition coefficient (Wildman–Crippen LogP) is 2.53. The average Bonchev–Trinajstić information content (AvgIpc) is 2.73. The normalized spacial score (nSPS) is 15.2. The average molecular weight is 458 g/mol. The molecule has 8 heteroatoms. The minimum absolute atomic E-state index is 0.0966. The van der Waals surface area contributed by atoms with Crippen molar-refractivity contribution < 1.29 is 18.0 Å². The summed E-state index contributed by atoms with van der Waals surface area (Å²) in [6.07, 6.45) is 1.01. The van der Waals surface area contributed by atoms with Gasteiger partial charge in [-0.15, -0.1) is 0 Å². The fourth-order valence-electron chi connectivity index (χ4n) is 4.38. The quantitative estimate of drug-likeness (QED) is 0.690. The molecule has 7 nitrogen and oxygen atoms in total. The van der Waals surface area contributed by atoms with Crippen LogP contribution in [0, 0.1) is 26.7 Å². The van der Waals surface area contributed by atoms with Gasteiger partial charge in [0.2, 0.25) is 21.8 Å². The number of hydrogen-bond donors (Lipinski definition) is 1. The Kier molecular flexibility index (Phi) is 7.36. The first-order valence-corrected chi connectivity index (χ1v) is 12.2. The number of likely N-dealkylation sites (tertiary alicyclic amines) is 1. The van der Waals surface area contributed by atoms with Crippen molar-refractivity contribution in [3.05, 3.63) is 64.7 Å². The Bertz CT molecular complexity index is 1070. The number of piperidine rings is 1. The Morgan fingerprint density at radius 1 is 1.03 bits per heavy atom. The molecular weight excluding hydrogens is 426 g/mol. The first-order valence-electron chi connectivity index (χ1n) is 10.8. The third kappa shape index (κ3) is 5.37. The maximum atomic E-state index is 13.7. The van der Waals surface area contributed by atoms with E-state index in [0.29, 0.717) is 37.1 Å². The van der Waals surface area contributed by atoms with Gasteiger partial charge in [-0.1, -0.05) is 48.0 Å². The minimum Gasteiger partial charge on any atom is -0.369 e. The standard InChI is InChI=1S/C24H31N3O4S/c1-17-13-18(2)23(19(3)14-17)32(30,31)27(15-20-7-5-4-6-8-20)16-22(28)26-11-9-21(10-12-26)24(25)29/h4-8,13-14,21H,9-12,15-16H2,1-3H3,(H2,25,29). The number of primary amides is 1. The van der Waals surface area contributed by atoms with Gasteiger partial charge in [-0.05, 0) is 50.3 Å². The van der Waals surface area contributed by atoms with Crippen molar-refractivity contribution in [2.75, 3.05) is 19.6 Å². The summed E-state index contributed by atoms with van der Waals surface area (Å²) in [5, 5.41) is 0. The molecule has 0 aliphatic carbocycles. The van der Waals surface area contributed by atoms with Gasteiger partial charge in [0.25, 0.3) is 0 Å². The fraction of sp³-hybridized carbons (Fsp3) is 0.417. The van der Waals surface area contributed by atoms with Crippen molar-refractivity contribution in [3.8, 4) is 0 Å². The van der Waals surface area contributed by atoms with Gasteiger partial charge in [-0.2, -0.15) is 4.31 Å². The zero-order valence-electron chi connectivity index (χ0n) is 18.9. The molecule has 0 radical (unpaired) electrons. The van der Waals surface area contributed by atoms with Crippen LogP contribution in [0.3, 0.4) is 0 Å². The van der Waals surface area contributed by atoms with Gasteiger partial charge < -0.3 is 10.6 Å². The third-order valence-corrected chi connectivity index (χ3v) is 8.06. The smallest absolute Gasteiger partial charge is 0.244 e. The topological polar surface area (TPSA) is 101 Å². The van der Waals surface area contributed by atoms with E-state index in [2.05, 4.69) is 0 Å². The van der Waals surface area contributed by atoms with E-state index < -0.39 is 10.0 Å². The maximum absolute atomic E-state index is 13.7. The molecule has 172 valence electrons. The van der Waals surface area contributed by atoms with Crippen LogP contribution in [-0.2, 0) is 26.2 Å². The number of amides is 2. The Morgan fingerprint density at radius 3 is 2.12 bits per heavy atom. The Labute approximate surface area is 190 Å². The van der Waals surface area contributed by atoms with Crippen LogP contribution >= 0.6 is 0 Å². The molecule has 0 unspecified atom stereocenters. The van der Waals surface area contributed by atoms with E-state index >= 15 is 0 Å². The molecule has 1 aliphatic heterocycles. The van der Waals surface area contributed by atoms with Crippen molar-refractivity contribution in [1.29, 1.82) is 0 Å². The number of sulfonamides is 1. The monoisotopic (exact) mass is 457 g/mol. The summed E-state index contributed by atoms with van der Waals surface area (Å²) in [5.41, 5.74) is 8.50. The summed E-state index contributed by atoms with van der Waals surface area (Å²) in [4.78, 5) is 26.4. The molecule has 1 saturated heterocycles. The molecule has 0 bridgehead atoms. The molecule has 32 heavy (non-hydrogen) atoms. The SMILES string of the molecule is Cc1cc(C)c(S(=O)(=O)N(CC(=O)N2CCC(C(N)=O)CC2)Cc2ccccc2)c(C)c1. The molecule has 2 aromatic rings. The van der Waals surface area contributed by atoms with Crippen molar-refractivity contribution >= 4 is 21.8 Å². The van der Waals surface area contributed by atoms with Crippen LogP contribution in [0.15, 0.2) is 47.4 Å². The van der Waals surface area contributed by atoms with Crippen LogP contribution in [-0.4, -0.2) is 49.1 Å². The number of nitrogens with two attached hydrogens (primary N) is 1. The molecule has 1 heterocycles.